The molecular weight excluding hydrogens is 322 g/mol. The van der Waals surface area contributed by atoms with Crippen molar-refractivity contribution < 1.29 is 10.0 Å². The van der Waals surface area contributed by atoms with Gasteiger partial charge in [0.25, 0.3) is 5.91 Å². The summed E-state index contributed by atoms with van der Waals surface area (Å²) in [7, 11) is 0. The molecule has 20 heavy (non-hydrogen) atoms. The molecule has 0 spiro atoms. The molecule has 1 amide bonds. The number of rotatable bonds is 6. The van der Waals surface area contributed by atoms with E-state index in [1.807, 2.05) is 26.0 Å². The Balaban J connectivity index is 2.80. The Hall–Kier alpha value is -1.56. The molecule has 1 rings (SSSR count). The minimum Gasteiger partial charge on any atom is -0.409 e. The fourth-order valence-corrected chi connectivity index (χ4v) is 2.06. The van der Waals surface area contributed by atoms with Crippen LogP contribution < -0.4 is 5.73 Å². The van der Waals surface area contributed by atoms with Crippen LogP contribution in [0.2, 0.25) is 0 Å². The van der Waals surface area contributed by atoms with Gasteiger partial charge in [0.1, 0.15) is 5.84 Å². The molecule has 0 aliphatic heterocycles. The number of amides is 1. The SMILES string of the molecule is CC(C)CN(CCC(N)=NO)C(=O)c1ccc(Br)cc1. The minimum absolute atomic E-state index is 0.0445. The molecule has 0 aliphatic rings. The van der Waals surface area contributed by atoms with Crippen LogP contribution in [0.3, 0.4) is 0 Å². The van der Waals surface area contributed by atoms with Gasteiger partial charge in [-0.3, -0.25) is 4.79 Å². The smallest absolute Gasteiger partial charge is 0.253 e. The van der Waals surface area contributed by atoms with E-state index in [0.717, 1.165) is 4.47 Å². The fourth-order valence-electron chi connectivity index (χ4n) is 1.79. The van der Waals surface area contributed by atoms with E-state index in [1.165, 1.54) is 0 Å². The molecule has 110 valence electrons. The highest BCUT2D eigenvalue weighted by molar-refractivity contribution is 9.10. The summed E-state index contributed by atoms with van der Waals surface area (Å²) in [4.78, 5) is 14.2. The maximum atomic E-state index is 12.5. The van der Waals surface area contributed by atoms with Gasteiger partial charge >= 0.3 is 0 Å². The number of nitrogens with two attached hydrogens (primary N) is 1. The van der Waals surface area contributed by atoms with Crippen LogP contribution in [-0.2, 0) is 0 Å². The van der Waals surface area contributed by atoms with E-state index in [2.05, 4.69) is 21.1 Å². The first-order chi connectivity index (χ1) is 9.43. The first kappa shape index (κ1) is 16.5. The first-order valence-electron chi connectivity index (χ1n) is 6.45. The number of carbonyl (C=O) groups is 1. The number of amidine groups is 1. The van der Waals surface area contributed by atoms with Gasteiger partial charge in [0.15, 0.2) is 0 Å². The van der Waals surface area contributed by atoms with Crippen molar-refractivity contribution >= 4 is 27.7 Å². The Morgan fingerprint density at radius 2 is 2.00 bits per heavy atom. The van der Waals surface area contributed by atoms with Gasteiger partial charge in [-0.2, -0.15) is 0 Å². The van der Waals surface area contributed by atoms with E-state index in [1.54, 1.807) is 17.0 Å². The zero-order valence-electron chi connectivity index (χ0n) is 11.7. The molecule has 5 nitrogen and oxygen atoms in total. The molecule has 0 heterocycles. The van der Waals surface area contributed by atoms with Crippen molar-refractivity contribution in [1.29, 1.82) is 0 Å². The standard InChI is InChI=1S/C14H20BrN3O2/c1-10(2)9-18(8-7-13(16)17-20)14(19)11-3-5-12(15)6-4-11/h3-6,10,20H,7-9H2,1-2H3,(H2,16,17). The summed E-state index contributed by atoms with van der Waals surface area (Å²) in [5, 5.41) is 11.5. The predicted octanol–water partition coefficient (Wildman–Crippen LogP) is 2.68. The third-order valence-corrected chi connectivity index (χ3v) is 3.26. The summed E-state index contributed by atoms with van der Waals surface area (Å²) >= 11 is 3.35. The molecule has 0 bridgehead atoms. The number of halogens is 1. The summed E-state index contributed by atoms with van der Waals surface area (Å²) in [5.74, 6) is 0.431. The van der Waals surface area contributed by atoms with E-state index < -0.39 is 0 Å². The second-order valence-electron chi connectivity index (χ2n) is 4.99. The summed E-state index contributed by atoms with van der Waals surface area (Å²) in [6.45, 7) is 5.16. The normalized spacial score (nSPS) is 11.7. The zero-order valence-corrected chi connectivity index (χ0v) is 13.3. The molecule has 0 saturated carbocycles. The molecule has 0 aliphatic carbocycles. The second-order valence-corrected chi connectivity index (χ2v) is 5.91. The summed E-state index contributed by atoms with van der Waals surface area (Å²) in [5.41, 5.74) is 6.10. The molecule has 3 N–H and O–H groups in total. The van der Waals surface area contributed by atoms with Crippen molar-refractivity contribution in [3.63, 3.8) is 0 Å². The molecule has 1 aromatic rings. The Bertz CT molecular complexity index is 472. The van der Waals surface area contributed by atoms with E-state index >= 15 is 0 Å². The minimum atomic E-state index is -0.0445. The largest absolute Gasteiger partial charge is 0.409 e. The van der Waals surface area contributed by atoms with Gasteiger partial charge in [0, 0.05) is 29.5 Å². The van der Waals surface area contributed by atoms with Gasteiger partial charge in [-0.05, 0) is 30.2 Å². The second kappa shape index (κ2) is 7.89. The molecule has 0 fully saturated rings. The number of carbonyl (C=O) groups excluding carboxylic acids is 1. The molecule has 1 aromatic carbocycles. The molecule has 6 heteroatoms. The lowest BCUT2D eigenvalue weighted by Gasteiger charge is -2.24. The summed E-state index contributed by atoms with van der Waals surface area (Å²) in [6.07, 6.45) is 0.353. The van der Waals surface area contributed by atoms with Crippen LogP contribution in [0.1, 0.15) is 30.6 Å². The van der Waals surface area contributed by atoms with Gasteiger partial charge in [0.2, 0.25) is 0 Å². The lowest BCUT2D eigenvalue weighted by molar-refractivity contribution is 0.0740. The topological polar surface area (TPSA) is 78.9 Å². The third-order valence-electron chi connectivity index (χ3n) is 2.73. The van der Waals surface area contributed by atoms with Crippen molar-refractivity contribution in [3.8, 4) is 0 Å². The van der Waals surface area contributed by atoms with Crippen molar-refractivity contribution in [1.82, 2.24) is 4.90 Å². The van der Waals surface area contributed by atoms with Crippen LogP contribution in [0.25, 0.3) is 0 Å². The Morgan fingerprint density at radius 1 is 1.40 bits per heavy atom. The van der Waals surface area contributed by atoms with Crippen LogP contribution in [0.5, 0.6) is 0 Å². The highest BCUT2D eigenvalue weighted by atomic mass is 79.9. The van der Waals surface area contributed by atoms with Crippen LogP contribution in [0.15, 0.2) is 33.9 Å². The van der Waals surface area contributed by atoms with E-state index in [4.69, 9.17) is 10.9 Å². The summed E-state index contributed by atoms with van der Waals surface area (Å²) in [6, 6.07) is 7.24. The zero-order chi connectivity index (χ0) is 15.1. The molecule has 0 saturated heterocycles. The van der Waals surface area contributed by atoms with Gasteiger partial charge in [0.05, 0.1) is 0 Å². The van der Waals surface area contributed by atoms with Gasteiger partial charge in [-0.15, -0.1) is 0 Å². The monoisotopic (exact) mass is 341 g/mol. The number of hydrogen-bond donors (Lipinski definition) is 2. The first-order valence-corrected chi connectivity index (χ1v) is 7.24. The quantitative estimate of drug-likeness (QED) is 0.361. The lowest BCUT2D eigenvalue weighted by Crippen LogP contribution is -2.36. The highest BCUT2D eigenvalue weighted by Gasteiger charge is 2.17. The maximum absolute atomic E-state index is 12.5. The van der Waals surface area contributed by atoms with Crippen LogP contribution >= 0.6 is 15.9 Å². The van der Waals surface area contributed by atoms with Crippen molar-refractivity contribution in [2.24, 2.45) is 16.8 Å². The van der Waals surface area contributed by atoms with Crippen molar-refractivity contribution in [3.05, 3.63) is 34.3 Å². The third kappa shape index (κ3) is 5.21. The van der Waals surface area contributed by atoms with E-state index in [-0.39, 0.29) is 11.7 Å². The Morgan fingerprint density at radius 3 is 2.50 bits per heavy atom. The van der Waals surface area contributed by atoms with Crippen LogP contribution in [0.4, 0.5) is 0 Å². The van der Waals surface area contributed by atoms with Gasteiger partial charge in [-0.25, -0.2) is 0 Å². The summed E-state index contributed by atoms with van der Waals surface area (Å²) < 4.78 is 0.932. The van der Waals surface area contributed by atoms with E-state index in [9.17, 15) is 4.79 Å². The number of benzene rings is 1. The number of nitrogens with zero attached hydrogens (tertiary/aromatic N) is 2. The molecule has 0 unspecified atom stereocenters. The van der Waals surface area contributed by atoms with Crippen LogP contribution in [0, 0.1) is 5.92 Å². The molecule has 0 radical (unpaired) electrons. The van der Waals surface area contributed by atoms with Crippen molar-refractivity contribution in [2.75, 3.05) is 13.1 Å². The predicted molar refractivity (Wildman–Crippen MR) is 82.9 cm³/mol. The highest BCUT2D eigenvalue weighted by Crippen LogP contribution is 2.13. The fraction of sp³-hybridized carbons (Fsp3) is 0.429. The maximum Gasteiger partial charge on any atom is 0.253 e. The average Bonchev–Trinajstić information content (AvgIpc) is 2.42. The van der Waals surface area contributed by atoms with Crippen LogP contribution in [-0.4, -0.2) is 34.9 Å². The van der Waals surface area contributed by atoms with Gasteiger partial charge in [-0.1, -0.05) is 34.9 Å². The molecule has 0 aromatic heterocycles. The van der Waals surface area contributed by atoms with Gasteiger partial charge < -0.3 is 15.8 Å². The Labute approximate surface area is 127 Å². The lowest BCUT2D eigenvalue weighted by atomic mass is 10.1. The number of hydrogen-bond acceptors (Lipinski definition) is 3. The van der Waals surface area contributed by atoms with Crippen molar-refractivity contribution in [2.45, 2.75) is 20.3 Å². The Kier molecular flexibility index (Phi) is 6.51. The van der Waals surface area contributed by atoms with E-state index in [0.29, 0.717) is 31.0 Å². The number of oxime groups is 1. The molecular formula is C14H20BrN3O2. The average molecular weight is 342 g/mol. The molecule has 0 atom stereocenters.